The normalized spacial score (nSPS) is 34.5. The van der Waals surface area contributed by atoms with Gasteiger partial charge in [-0.2, -0.15) is 0 Å². The molecule has 2 unspecified atom stereocenters. The summed E-state index contributed by atoms with van der Waals surface area (Å²) in [5.41, 5.74) is -0.452. The lowest BCUT2D eigenvalue weighted by Crippen LogP contribution is -2.29. The van der Waals surface area contributed by atoms with Gasteiger partial charge in [0.15, 0.2) is 0 Å². The minimum Gasteiger partial charge on any atom is -0.396 e. The minimum absolute atomic E-state index is 0.155. The number of hydrogen-bond acceptors (Lipinski definition) is 3. The van der Waals surface area contributed by atoms with Gasteiger partial charge in [0.1, 0.15) is 11.2 Å². The van der Waals surface area contributed by atoms with Crippen molar-refractivity contribution in [2.45, 2.75) is 76.9 Å². The van der Waals surface area contributed by atoms with Crippen molar-refractivity contribution in [1.29, 1.82) is 0 Å². The van der Waals surface area contributed by atoms with E-state index >= 15 is 0 Å². The van der Waals surface area contributed by atoms with Gasteiger partial charge in [0, 0.05) is 19.4 Å². The highest BCUT2D eigenvalue weighted by Crippen LogP contribution is 2.40. The van der Waals surface area contributed by atoms with E-state index in [0.717, 1.165) is 12.8 Å². The first-order valence-corrected chi connectivity index (χ1v) is 6.51. The van der Waals surface area contributed by atoms with Gasteiger partial charge in [-0.25, -0.2) is 9.78 Å². The van der Waals surface area contributed by atoms with Gasteiger partial charge in [-0.3, -0.25) is 0 Å². The van der Waals surface area contributed by atoms with Gasteiger partial charge < -0.3 is 5.11 Å². The Bertz CT molecular complexity index is 207. The Morgan fingerprint density at radius 2 is 1.62 bits per heavy atom. The van der Waals surface area contributed by atoms with Crippen LogP contribution >= 0.6 is 0 Å². The minimum atomic E-state index is -0.297. The van der Waals surface area contributed by atoms with Crippen LogP contribution in [0.4, 0.5) is 0 Å². The molecular weight excluding hydrogens is 204 g/mol. The molecule has 1 saturated heterocycles. The summed E-state index contributed by atoms with van der Waals surface area (Å²) in [5.74, 6) is 0. The molecule has 0 aliphatic carbocycles. The average Bonchev–Trinajstić information content (AvgIpc) is 2.51. The molecule has 16 heavy (non-hydrogen) atoms. The molecule has 0 bridgehead atoms. The first kappa shape index (κ1) is 13.9. The van der Waals surface area contributed by atoms with E-state index in [9.17, 15) is 0 Å². The lowest BCUT2D eigenvalue weighted by atomic mass is 9.85. The quantitative estimate of drug-likeness (QED) is 0.539. The van der Waals surface area contributed by atoms with Crippen LogP contribution in [0.1, 0.15) is 65.7 Å². The van der Waals surface area contributed by atoms with Gasteiger partial charge in [0.05, 0.1) is 0 Å². The molecule has 1 heterocycles. The van der Waals surface area contributed by atoms with E-state index in [0.29, 0.717) is 6.42 Å². The Morgan fingerprint density at radius 3 is 2.19 bits per heavy atom. The topological polar surface area (TPSA) is 38.7 Å². The van der Waals surface area contributed by atoms with Gasteiger partial charge >= 0.3 is 0 Å². The average molecular weight is 230 g/mol. The third-order valence-corrected chi connectivity index (χ3v) is 3.39. The highest BCUT2D eigenvalue weighted by atomic mass is 17.2. The molecule has 0 spiro atoms. The van der Waals surface area contributed by atoms with Crippen LogP contribution in [-0.4, -0.2) is 22.9 Å². The molecule has 1 N–H and O–H groups in total. The van der Waals surface area contributed by atoms with Crippen molar-refractivity contribution >= 4 is 0 Å². The second-order valence-corrected chi connectivity index (χ2v) is 5.53. The molecule has 1 fully saturated rings. The molecule has 0 aromatic rings. The molecule has 0 saturated carbocycles. The maximum Gasteiger partial charge on any atom is 0.106 e. The molecule has 96 valence electrons. The van der Waals surface area contributed by atoms with Crippen LogP contribution in [-0.2, 0) is 9.78 Å². The Hall–Kier alpha value is -0.120. The van der Waals surface area contributed by atoms with E-state index in [4.69, 9.17) is 14.9 Å². The second-order valence-electron chi connectivity index (χ2n) is 5.53. The Kier molecular flexibility index (Phi) is 5.22. The number of unbranched alkanes of at least 4 members (excludes halogenated alkanes) is 3. The van der Waals surface area contributed by atoms with Gasteiger partial charge in [-0.15, -0.1) is 0 Å². The van der Waals surface area contributed by atoms with E-state index in [1.165, 1.54) is 25.7 Å². The van der Waals surface area contributed by atoms with Gasteiger partial charge in [-0.05, 0) is 20.3 Å². The highest BCUT2D eigenvalue weighted by molar-refractivity contribution is 4.89. The summed E-state index contributed by atoms with van der Waals surface area (Å²) in [4.78, 5) is 10.9. The summed E-state index contributed by atoms with van der Waals surface area (Å²) in [6, 6.07) is 0. The van der Waals surface area contributed by atoms with E-state index in [1.807, 2.05) is 6.92 Å². The van der Waals surface area contributed by atoms with Crippen molar-refractivity contribution in [3.05, 3.63) is 0 Å². The fourth-order valence-electron chi connectivity index (χ4n) is 2.47. The summed E-state index contributed by atoms with van der Waals surface area (Å²) < 4.78 is 0. The summed E-state index contributed by atoms with van der Waals surface area (Å²) in [6.45, 7) is 6.50. The molecule has 0 radical (unpaired) electrons. The van der Waals surface area contributed by atoms with Crippen molar-refractivity contribution in [2.24, 2.45) is 0 Å². The molecule has 3 nitrogen and oxygen atoms in total. The summed E-state index contributed by atoms with van der Waals surface area (Å²) in [6.07, 6.45) is 7.61. The number of hydrogen-bond donors (Lipinski definition) is 1. The van der Waals surface area contributed by atoms with Gasteiger partial charge in [0.2, 0.25) is 0 Å². The first-order valence-electron chi connectivity index (χ1n) is 6.51. The molecular formula is C13H26O3. The van der Waals surface area contributed by atoms with E-state index < -0.39 is 0 Å². The van der Waals surface area contributed by atoms with Crippen molar-refractivity contribution < 1.29 is 14.9 Å². The Labute approximate surface area is 99.1 Å². The van der Waals surface area contributed by atoms with Crippen molar-refractivity contribution in [1.82, 2.24) is 0 Å². The molecule has 1 aliphatic heterocycles. The molecule has 1 rings (SSSR count). The van der Waals surface area contributed by atoms with Crippen molar-refractivity contribution in [3.63, 3.8) is 0 Å². The predicted octanol–water partition coefficient (Wildman–Crippen LogP) is 3.21. The maximum atomic E-state index is 8.97. The van der Waals surface area contributed by atoms with E-state index in [-0.39, 0.29) is 17.8 Å². The zero-order valence-corrected chi connectivity index (χ0v) is 10.9. The molecule has 2 atom stereocenters. The smallest absolute Gasteiger partial charge is 0.106 e. The molecule has 0 aromatic heterocycles. The monoisotopic (exact) mass is 230 g/mol. The third kappa shape index (κ3) is 4.04. The molecule has 3 heteroatoms. The van der Waals surface area contributed by atoms with E-state index in [1.54, 1.807) is 0 Å². The van der Waals surface area contributed by atoms with Crippen LogP contribution in [0.25, 0.3) is 0 Å². The van der Waals surface area contributed by atoms with Crippen LogP contribution in [0.2, 0.25) is 0 Å². The Balaban J connectivity index is 2.31. The molecule has 1 aliphatic rings. The van der Waals surface area contributed by atoms with Crippen molar-refractivity contribution in [2.75, 3.05) is 6.61 Å². The standard InChI is InChI=1S/C13H26O3/c1-4-5-6-7-8-12(2)11-13(3,9-10-14)16-15-12/h14H,4-11H2,1-3H3. The lowest BCUT2D eigenvalue weighted by Gasteiger charge is -2.22. The largest absolute Gasteiger partial charge is 0.396 e. The summed E-state index contributed by atoms with van der Waals surface area (Å²) >= 11 is 0. The number of aliphatic hydroxyl groups excluding tert-OH is 1. The zero-order valence-electron chi connectivity index (χ0n) is 10.9. The SMILES string of the molecule is CCCCCCC1(C)CC(C)(CCO)OO1. The summed E-state index contributed by atoms with van der Waals surface area (Å²) in [7, 11) is 0. The number of aliphatic hydroxyl groups is 1. The molecule has 0 amide bonds. The van der Waals surface area contributed by atoms with Gasteiger partial charge in [0.25, 0.3) is 0 Å². The van der Waals surface area contributed by atoms with Crippen LogP contribution in [0.5, 0.6) is 0 Å². The van der Waals surface area contributed by atoms with Crippen LogP contribution < -0.4 is 0 Å². The van der Waals surface area contributed by atoms with Crippen molar-refractivity contribution in [3.8, 4) is 0 Å². The predicted molar refractivity (Wildman–Crippen MR) is 64.1 cm³/mol. The fourth-order valence-corrected chi connectivity index (χ4v) is 2.47. The van der Waals surface area contributed by atoms with Crippen LogP contribution in [0.3, 0.4) is 0 Å². The van der Waals surface area contributed by atoms with Gasteiger partial charge in [-0.1, -0.05) is 32.6 Å². The van der Waals surface area contributed by atoms with E-state index in [2.05, 4.69) is 13.8 Å². The number of rotatable bonds is 7. The third-order valence-electron chi connectivity index (χ3n) is 3.39. The van der Waals surface area contributed by atoms with Crippen LogP contribution in [0, 0.1) is 0 Å². The maximum absolute atomic E-state index is 8.97. The lowest BCUT2D eigenvalue weighted by molar-refractivity contribution is -0.346. The second kappa shape index (κ2) is 5.99. The fraction of sp³-hybridized carbons (Fsp3) is 1.00. The molecule has 0 aromatic carbocycles. The highest BCUT2D eigenvalue weighted by Gasteiger charge is 2.45. The van der Waals surface area contributed by atoms with Crippen LogP contribution in [0.15, 0.2) is 0 Å². The summed E-state index contributed by atoms with van der Waals surface area (Å²) in [5, 5.41) is 8.97. The Morgan fingerprint density at radius 1 is 1.00 bits per heavy atom. The first-order chi connectivity index (χ1) is 7.54. The zero-order chi connectivity index (χ0) is 12.1.